The summed E-state index contributed by atoms with van der Waals surface area (Å²) >= 11 is 0. The molecule has 26 heavy (non-hydrogen) atoms. The minimum Gasteiger partial charge on any atom is -0.321 e. The van der Waals surface area contributed by atoms with Gasteiger partial charge in [-0.3, -0.25) is 10.2 Å². The zero-order valence-corrected chi connectivity index (χ0v) is 14.6. The van der Waals surface area contributed by atoms with Crippen LogP contribution in [0.1, 0.15) is 22.8 Å². The van der Waals surface area contributed by atoms with Crippen molar-refractivity contribution in [2.24, 2.45) is 0 Å². The Morgan fingerprint density at radius 3 is 2.58 bits per heavy atom. The van der Waals surface area contributed by atoms with Crippen molar-refractivity contribution in [1.29, 1.82) is 0 Å². The summed E-state index contributed by atoms with van der Waals surface area (Å²) < 4.78 is 2.22. The lowest BCUT2D eigenvalue weighted by Gasteiger charge is -2.09. The molecule has 0 bridgehead atoms. The number of carbonyl (C=O) groups is 1. The average molecular weight is 344 g/mol. The van der Waals surface area contributed by atoms with E-state index in [2.05, 4.69) is 44.7 Å². The van der Waals surface area contributed by atoms with E-state index in [4.69, 9.17) is 0 Å². The van der Waals surface area contributed by atoms with Crippen LogP contribution in [0, 0.1) is 0 Å². The van der Waals surface area contributed by atoms with Gasteiger partial charge in [0.1, 0.15) is 5.65 Å². The summed E-state index contributed by atoms with van der Waals surface area (Å²) in [5, 5.41) is 2.36. The monoisotopic (exact) mass is 344 g/mol. The molecule has 0 aliphatic heterocycles. The van der Waals surface area contributed by atoms with Crippen LogP contribution >= 0.6 is 0 Å². The first kappa shape index (κ1) is 16.3. The number of fused-ring (bicyclic) bond motifs is 3. The maximum Gasteiger partial charge on any atom is 0.265 e. The number of carbonyl (C=O) groups excluding carboxylic acids is 1. The van der Waals surface area contributed by atoms with Crippen molar-refractivity contribution in [3.8, 4) is 0 Å². The fraction of sp³-hybridized carbons (Fsp3) is 0.143. The van der Waals surface area contributed by atoms with Crippen LogP contribution in [-0.2, 0) is 6.54 Å². The van der Waals surface area contributed by atoms with Gasteiger partial charge in [-0.15, -0.1) is 0 Å². The highest BCUT2D eigenvalue weighted by Gasteiger charge is 2.11. The van der Waals surface area contributed by atoms with Crippen molar-refractivity contribution in [1.82, 2.24) is 20.4 Å². The van der Waals surface area contributed by atoms with Gasteiger partial charge in [0.2, 0.25) is 0 Å². The highest BCUT2D eigenvalue weighted by molar-refractivity contribution is 6.06. The fourth-order valence-corrected chi connectivity index (χ4v) is 3.22. The van der Waals surface area contributed by atoms with E-state index in [1.807, 2.05) is 49.5 Å². The Labute approximate surface area is 151 Å². The molecule has 2 heterocycles. The molecule has 0 spiro atoms. The molecule has 0 radical (unpaired) electrons. The highest BCUT2D eigenvalue weighted by atomic mass is 16.2. The highest BCUT2D eigenvalue weighted by Crippen LogP contribution is 2.28. The Hall–Kier alpha value is -3.18. The largest absolute Gasteiger partial charge is 0.321 e. The quantitative estimate of drug-likeness (QED) is 0.545. The van der Waals surface area contributed by atoms with E-state index in [1.54, 1.807) is 0 Å². The van der Waals surface area contributed by atoms with Gasteiger partial charge in [0.25, 0.3) is 5.91 Å². The molecule has 0 saturated carbocycles. The average Bonchev–Trinajstić information content (AvgIpc) is 3.01. The van der Waals surface area contributed by atoms with Crippen molar-refractivity contribution in [2.45, 2.75) is 13.5 Å². The molecule has 4 rings (SSSR count). The van der Waals surface area contributed by atoms with E-state index >= 15 is 0 Å². The Bertz CT molecular complexity index is 1010. The third kappa shape index (κ3) is 2.93. The van der Waals surface area contributed by atoms with Crippen LogP contribution in [0.2, 0.25) is 0 Å². The number of amides is 1. The molecule has 5 nitrogen and oxygen atoms in total. The van der Waals surface area contributed by atoms with Crippen LogP contribution in [0.5, 0.6) is 0 Å². The lowest BCUT2D eigenvalue weighted by Crippen LogP contribution is -2.36. The molecule has 0 atom stereocenters. The summed E-state index contributed by atoms with van der Waals surface area (Å²) in [6.45, 7) is 3.32. The van der Waals surface area contributed by atoms with Gasteiger partial charge in [0.15, 0.2) is 0 Å². The van der Waals surface area contributed by atoms with E-state index in [1.165, 1.54) is 5.39 Å². The van der Waals surface area contributed by atoms with Crippen molar-refractivity contribution in [3.63, 3.8) is 0 Å². The summed E-state index contributed by atoms with van der Waals surface area (Å²) in [6, 6.07) is 20.1. The summed E-state index contributed by atoms with van der Waals surface area (Å²) in [4.78, 5) is 16.6. The molecular formula is C21H20N4O. The first-order valence-electron chi connectivity index (χ1n) is 8.72. The van der Waals surface area contributed by atoms with E-state index in [9.17, 15) is 4.79 Å². The maximum absolute atomic E-state index is 12.0. The minimum atomic E-state index is -0.128. The Kier molecular flexibility index (Phi) is 4.37. The number of aromatic nitrogens is 2. The SMILES string of the molecule is CCNNC(=O)c1ccc(Cn2c3ccccc3c3cccnc32)cc1. The molecule has 2 N–H and O–H groups in total. The number of nitrogens with one attached hydrogen (secondary N) is 2. The number of para-hydroxylation sites is 1. The first-order chi connectivity index (χ1) is 12.8. The molecular weight excluding hydrogens is 324 g/mol. The number of pyridine rings is 1. The third-order valence-electron chi connectivity index (χ3n) is 4.46. The molecule has 0 saturated heterocycles. The summed E-state index contributed by atoms with van der Waals surface area (Å²) in [5.74, 6) is -0.128. The molecule has 0 unspecified atom stereocenters. The molecule has 5 heteroatoms. The standard InChI is InChI=1S/C21H20N4O/c1-2-23-24-21(26)16-11-9-15(10-12-16)14-25-19-8-4-3-6-17(19)18-7-5-13-22-20(18)25/h3-13,23H,2,14H2,1H3,(H,24,26). The number of hydrogen-bond acceptors (Lipinski definition) is 3. The smallest absolute Gasteiger partial charge is 0.265 e. The fourth-order valence-electron chi connectivity index (χ4n) is 3.22. The molecule has 0 aliphatic carbocycles. The zero-order chi connectivity index (χ0) is 17.9. The van der Waals surface area contributed by atoms with Crippen LogP contribution in [0.3, 0.4) is 0 Å². The van der Waals surface area contributed by atoms with Gasteiger partial charge in [0.05, 0.1) is 5.52 Å². The normalized spacial score (nSPS) is 11.1. The maximum atomic E-state index is 12.0. The van der Waals surface area contributed by atoms with Crippen LogP contribution in [0.4, 0.5) is 0 Å². The molecule has 4 aromatic rings. The zero-order valence-electron chi connectivity index (χ0n) is 14.6. The second-order valence-corrected chi connectivity index (χ2v) is 6.16. The number of hydrogen-bond donors (Lipinski definition) is 2. The first-order valence-corrected chi connectivity index (χ1v) is 8.72. The topological polar surface area (TPSA) is 58.9 Å². The molecule has 2 aromatic carbocycles. The molecule has 130 valence electrons. The van der Waals surface area contributed by atoms with Crippen molar-refractivity contribution < 1.29 is 4.79 Å². The van der Waals surface area contributed by atoms with Gasteiger partial charge in [-0.05, 0) is 35.9 Å². The van der Waals surface area contributed by atoms with E-state index in [0.717, 1.165) is 22.1 Å². The van der Waals surface area contributed by atoms with Crippen LogP contribution in [-0.4, -0.2) is 22.0 Å². The summed E-state index contributed by atoms with van der Waals surface area (Å²) in [6.07, 6.45) is 1.83. The molecule has 0 aliphatic rings. The van der Waals surface area contributed by atoms with E-state index in [-0.39, 0.29) is 5.91 Å². The predicted molar refractivity (Wildman–Crippen MR) is 104 cm³/mol. The van der Waals surface area contributed by atoms with Crippen LogP contribution in [0.15, 0.2) is 66.9 Å². The predicted octanol–water partition coefficient (Wildman–Crippen LogP) is 3.49. The Balaban J connectivity index is 1.68. The summed E-state index contributed by atoms with van der Waals surface area (Å²) in [5.41, 5.74) is 9.38. The third-order valence-corrected chi connectivity index (χ3v) is 4.46. The van der Waals surface area contributed by atoms with Gasteiger partial charge in [0, 0.05) is 35.6 Å². The molecule has 1 amide bonds. The number of hydrazine groups is 1. The van der Waals surface area contributed by atoms with Gasteiger partial charge in [-0.1, -0.05) is 37.3 Å². The van der Waals surface area contributed by atoms with Crippen molar-refractivity contribution in [3.05, 3.63) is 78.0 Å². The van der Waals surface area contributed by atoms with Crippen molar-refractivity contribution in [2.75, 3.05) is 6.54 Å². The Morgan fingerprint density at radius 2 is 1.77 bits per heavy atom. The van der Waals surface area contributed by atoms with E-state index in [0.29, 0.717) is 18.7 Å². The van der Waals surface area contributed by atoms with Crippen LogP contribution in [0.25, 0.3) is 21.9 Å². The van der Waals surface area contributed by atoms with Crippen LogP contribution < -0.4 is 10.9 Å². The van der Waals surface area contributed by atoms with E-state index < -0.39 is 0 Å². The van der Waals surface area contributed by atoms with Gasteiger partial charge < -0.3 is 4.57 Å². The number of benzene rings is 2. The van der Waals surface area contributed by atoms with Gasteiger partial charge in [-0.25, -0.2) is 10.4 Å². The number of nitrogens with zero attached hydrogens (tertiary/aromatic N) is 2. The molecule has 2 aromatic heterocycles. The Morgan fingerprint density at radius 1 is 1.00 bits per heavy atom. The second-order valence-electron chi connectivity index (χ2n) is 6.16. The van der Waals surface area contributed by atoms with Gasteiger partial charge in [-0.2, -0.15) is 0 Å². The van der Waals surface area contributed by atoms with Gasteiger partial charge >= 0.3 is 0 Å². The lowest BCUT2D eigenvalue weighted by atomic mass is 10.1. The second kappa shape index (κ2) is 6.98. The number of rotatable bonds is 5. The van der Waals surface area contributed by atoms with Crippen molar-refractivity contribution >= 4 is 27.8 Å². The molecule has 0 fully saturated rings. The minimum absolute atomic E-state index is 0.128. The summed E-state index contributed by atoms with van der Waals surface area (Å²) in [7, 11) is 0. The lowest BCUT2D eigenvalue weighted by molar-refractivity contribution is 0.0934.